The van der Waals surface area contributed by atoms with E-state index >= 15 is 0 Å². The molecule has 0 aliphatic heterocycles. The van der Waals surface area contributed by atoms with E-state index in [2.05, 4.69) is 5.32 Å². The molecular formula is C21H28N2O6S. The standard InChI is InChI=1S/C21H28N2O6S/c1-15-6-8-17(9-7-15)29-13-12-22-21(24)16(2)23(30(5,25)26)19-14-18(27-3)10-11-20(19)28-4/h6-11,14,16H,12-13H2,1-5H3,(H,22,24). The van der Waals surface area contributed by atoms with Gasteiger partial charge in [0.1, 0.15) is 29.9 Å². The third kappa shape index (κ3) is 6.03. The van der Waals surface area contributed by atoms with Crippen molar-refractivity contribution in [2.24, 2.45) is 0 Å². The number of aryl methyl sites for hydroxylation is 1. The summed E-state index contributed by atoms with van der Waals surface area (Å²) in [6.45, 7) is 3.97. The summed E-state index contributed by atoms with van der Waals surface area (Å²) in [5.41, 5.74) is 1.34. The Labute approximate surface area is 177 Å². The average molecular weight is 437 g/mol. The van der Waals surface area contributed by atoms with E-state index in [1.165, 1.54) is 27.2 Å². The Kier molecular flexibility index (Phi) is 7.93. The Morgan fingerprint density at radius 2 is 1.70 bits per heavy atom. The van der Waals surface area contributed by atoms with Gasteiger partial charge in [0.2, 0.25) is 15.9 Å². The summed E-state index contributed by atoms with van der Waals surface area (Å²) >= 11 is 0. The van der Waals surface area contributed by atoms with Crippen molar-refractivity contribution in [3.63, 3.8) is 0 Å². The maximum Gasteiger partial charge on any atom is 0.243 e. The summed E-state index contributed by atoms with van der Waals surface area (Å²) in [6, 6.07) is 11.3. The predicted molar refractivity (Wildman–Crippen MR) is 116 cm³/mol. The molecule has 164 valence electrons. The Hall–Kier alpha value is -2.94. The molecule has 1 unspecified atom stereocenters. The van der Waals surface area contributed by atoms with Gasteiger partial charge in [-0.25, -0.2) is 8.42 Å². The maximum absolute atomic E-state index is 12.7. The van der Waals surface area contributed by atoms with E-state index < -0.39 is 22.0 Å². The van der Waals surface area contributed by atoms with Crippen LogP contribution in [0.25, 0.3) is 0 Å². The number of methoxy groups -OCH3 is 2. The molecule has 0 bridgehead atoms. The number of carbonyl (C=O) groups excluding carboxylic acids is 1. The van der Waals surface area contributed by atoms with Gasteiger partial charge in [-0.1, -0.05) is 17.7 Å². The first-order valence-corrected chi connectivity index (χ1v) is 11.2. The summed E-state index contributed by atoms with van der Waals surface area (Å²) in [5, 5.41) is 2.71. The van der Waals surface area contributed by atoms with E-state index in [-0.39, 0.29) is 18.8 Å². The Balaban J connectivity index is 2.10. The van der Waals surface area contributed by atoms with E-state index in [1.54, 1.807) is 12.1 Å². The van der Waals surface area contributed by atoms with E-state index in [4.69, 9.17) is 14.2 Å². The zero-order valence-corrected chi connectivity index (χ0v) is 18.7. The average Bonchev–Trinajstić information content (AvgIpc) is 2.71. The van der Waals surface area contributed by atoms with Crippen LogP contribution in [0, 0.1) is 6.92 Å². The highest BCUT2D eigenvalue weighted by atomic mass is 32.2. The van der Waals surface area contributed by atoms with Crippen molar-refractivity contribution in [2.75, 3.05) is 37.9 Å². The Morgan fingerprint density at radius 1 is 1.07 bits per heavy atom. The molecule has 2 rings (SSSR count). The molecule has 0 saturated heterocycles. The fourth-order valence-electron chi connectivity index (χ4n) is 2.88. The molecule has 0 heterocycles. The normalized spacial score (nSPS) is 12.0. The van der Waals surface area contributed by atoms with Crippen LogP contribution in [0.1, 0.15) is 12.5 Å². The molecule has 0 saturated carbocycles. The van der Waals surface area contributed by atoms with E-state index in [9.17, 15) is 13.2 Å². The lowest BCUT2D eigenvalue weighted by Gasteiger charge is -2.29. The summed E-state index contributed by atoms with van der Waals surface area (Å²) in [5.74, 6) is 0.988. The topological polar surface area (TPSA) is 94.2 Å². The van der Waals surface area contributed by atoms with E-state index in [0.29, 0.717) is 17.2 Å². The second-order valence-electron chi connectivity index (χ2n) is 6.73. The molecule has 1 N–H and O–H groups in total. The first kappa shape index (κ1) is 23.3. The van der Waals surface area contributed by atoms with Crippen molar-refractivity contribution in [1.82, 2.24) is 5.32 Å². The zero-order valence-electron chi connectivity index (χ0n) is 17.8. The molecule has 0 aromatic heterocycles. The van der Waals surface area contributed by atoms with Gasteiger partial charge in [0.05, 0.1) is 32.7 Å². The molecule has 9 heteroatoms. The number of nitrogens with zero attached hydrogens (tertiary/aromatic N) is 1. The lowest BCUT2D eigenvalue weighted by atomic mass is 10.2. The number of amides is 1. The Bertz CT molecular complexity index is 960. The number of sulfonamides is 1. The van der Waals surface area contributed by atoms with Crippen LogP contribution >= 0.6 is 0 Å². The number of benzene rings is 2. The monoisotopic (exact) mass is 436 g/mol. The van der Waals surface area contributed by atoms with Gasteiger partial charge < -0.3 is 19.5 Å². The summed E-state index contributed by atoms with van der Waals surface area (Å²) in [7, 11) is -0.890. The van der Waals surface area contributed by atoms with Crippen LogP contribution in [-0.4, -0.2) is 54.0 Å². The van der Waals surface area contributed by atoms with E-state index in [1.807, 2.05) is 31.2 Å². The van der Waals surface area contributed by atoms with Crippen LogP contribution < -0.4 is 23.8 Å². The van der Waals surface area contributed by atoms with Gasteiger partial charge >= 0.3 is 0 Å². The minimum Gasteiger partial charge on any atom is -0.497 e. The van der Waals surface area contributed by atoms with Crippen molar-refractivity contribution in [1.29, 1.82) is 0 Å². The number of hydrogen-bond donors (Lipinski definition) is 1. The summed E-state index contributed by atoms with van der Waals surface area (Å²) < 4.78 is 42.1. The molecule has 0 radical (unpaired) electrons. The lowest BCUT2D eigenvalue weighted by Crippen LogP contribution is -2.48. The Morgan fingerprint density at radius 3 is 2.27 bits per heavy atom. The van der Waals surface area contributed by atoms with Crippen molar-refractivity contribution < 1.29 is 27.4 Å². The zero-order chi connectivity index (χ0) is 22.3. The third-order valence-electron chi connectivity index (χ3n) is 4.40. The molecule has 0 fully saturated rings. The van der Waals surface area contributed by atoms with Gasteiger partial charge in [0.15, 0.2) is 0 Å². The highest BCUT2D eigenvalue weighted by Gasteiger charge is 2.31. The van der Waals surface area contributed by atoms with Gasteiger partial charge in [-0.2, -0.15) is 0 Å². The first-order valence-electron chi connectivity index (χ1n) is 9.36. The van der Waals surface area contributed by atoms with Crippen LogP contribution in [0.3, 0.4) is 0 Å². The third-order valence-corrected chi connectivity index (χ3v) is 5.63. The number of carbonyl (C=O) groups is 1. The van der Waals surface area contributed by atoms with Gasteiger partial charge in [0, 0.05) is 6.07 Å². The number of rotatable bonds is 10. The molecule has 2 aromatic rings. The highest BCUT2D eigenvalue weighted by molar-refractivity contribution is 7.92. The first-order chi connectivity index (χ1) is 14.2. The van der Waals surface area contributed by atoms with Crippen LogP contribution in [0.4, 0.5) is 5.69 Å². The van der Waals surface area contributed by atoms with Crippen LogP contribution in [0.15, 0.2) is 42.5 Å². The number of hydrogen-bond acceptors (Lipinski definition) is 6. The molecule has 0 aliphatic rings. The molecule has 2 aromatic carbocycles. The van der Waals surface area contributed by atoms with Crippen LogP contribution in [0.2, 0.25) is 0 Å². The highest BCUT2D eigenvalue weighted by Crippen LogP contribution is 2.35. The molecule has 0 aliphatic carbocycles. The van der Waals surface area contributed by atoms with Crippen molar-refractivity contribution in [3.8, 4) is 17.2 Å². The molecular weight excluding hydrogens is 408 g/mol. The van der Waals surface area contributed by atoms with Gasteiger partial charge in [-0.15, -0.1) is 0 Å². The number of anilines is 1. The minimum atomic E-state index is -3.79. The quantitative estimate of drug-likeness (QED) is 0.575. The summed E-state index contributed by atoms with van der Waals surface area (Å²) in [4.78, 5) is 12.7. The predicted octanol–water partition coefficient (Wildman–Crippen LogP) is 2.36. The molecule has 1 atom stereocenters. The summed E-state index contributed by atoms with van der Waals surface area (Å²) in [6.07, 6.45) is 1.04. The SMILES string of the molecule is COc1ccc(OC)c(N(C(C)C(=O)NCCOc2ccc(C)cc2)S(C)(=O)=O)c1. The van der Waals surface area contributed by atoms with Crippen molar-refractivity contribution in [2.45, 2.75) is 19.9 Å². The van der Waals surface area contributed by atoms with Gasteiger partial charge in [0.25, 0.3) is 0 Å². The van der Waals surface area contributed by atoms with Crippen molar-refractivity contribution in [3.05, 3.63) is 48.0 Å². The number of ether oxygens (including phenoxy) is 3. The minimum absolute atomic E-state index is 0.220. The van der Waals surface area contributed by atoms with Crippen molar-refractivity contribution >= 4 is 21.6 Å². The van der Waals surface area contributed by atoms with Gasteiger partial charge in [-0.3, -0.25) is 9.10 Å². The second-order valence-corrected chi connectivity index (χ2v) is 8.58. The van der Waals surface area contributed by atoms with Crippen LogP contribution in [0.5, 0.6) is 17.2 Å². The van der Waals surface area contributed by atoms with Gasteiger partial charge in [-0.05, 0) is 38.1 Å². The smallest absolute Gasteiger partial charge is 0.243 e. The van der Waals surface area contributed by atoms with E-state index in [0.717, 1.165) is 16.1 Å². The fourth-order valence-corrected chi connectivity index (χ4v) is 4.05. The molecule has 1 amide bonds. The molecule has 0 spiro atoms. The lowest BCUT2D eigenvalue weighted by molar-refractivity contribution is -0.121. The van der Waals surface area contributed by atoms with Crippen LogP contribution in [-0.2, 0) is 14.8 Å². The second kappa shape index (κ2) is 10.2. The fraction of sp³-hybridized carbons (Fsp3) is 0.381. The molecule has 8 nitrogen and oxygen atoms in total. The number of nitrogens with one attached hydrogen (secondary N) is 1. The molecule has 30 heavy (non-hydrogen) atoms. The largest absolute Gasteiger partial charge is 0.497 e. The maximum atomic E-state index is 12.7.